The Labute approximate surface area is 105 Å². The summed E-state index contributed by atoms with van der Waals surface area (Å²) < 4.78 is 10.2. The summed E-state index contributed by atoms with van der Waals surface area (Å²) in [5, 5.41) is 0. The number of amides is 1. The van der Waals surface area contributed by atoms with Crippen LogP contribution in [0.15, 0.2) is 0 Å². The van der Waals surface area contributed by atoms with E-state index in [0.29, 0.717) is 32.9 Å². The maximum Gasteiger partial charge on any atom is 0.236 e. The van der Waals surface area contributed by atoms with Crippen LogP contribution in [0.4, 0.5) is 0 Å². The number of nitrogens with zero attached hydrogens (tertiary/aromatic N) is 2. The van der Waals surface area contributed by atoms with Crippen LogP contribution in [-0.2, 0) is 14.3 Å². The Morgan fingerprint density at radius 2 is 1.88 bits per heavy atom. The molecule has 5 heteroatoms. The van der Waals surface area contributed by atoms with E-state index in [1.807, 2.05) is 30.7 Å². The lowest BCUT2D eigenvalue weighted by Crippen LogP contribution is -2.49. The maximum atomic E-state index is 11.5. The van der Waals surface area contributed by atoms with Gasteiger partial charge in [0.2, 0.25) is 5.91 Å². The summed E-state index contributed by atoms with van der Waals surface area (Å²) in [6.07, 6.45) is 0. The van der Waals surface area contributed by atoms with E-state index in [-0.39, 0.29) is 5.91 Å². The van der Waals surface area contributed by atoms with Gasteiger partial charge in [0.25, 0.3) is 0 Å². The molecule has 0 saturated carbocycles. The number of rotatable bonds is 6. The minimum Gasteiger partial charge on any atom is -0.382 e. The van der Waals surface area contributed by atoms with Gasteiger partial charge in [-0.25, -0.2) is 0 Å². The summed E-state index contributed by atoms with van der Waals surface area (Å²) in [5.74, 6) is 0.194. The Kier molecular flexibility index (Phi) is 10.1. The van der Waals surface area contributed by atoms with Crippen LogP contribution in [-0.4, -0.2) is 75.9 Å². The normalized spacial score (nSPS) is 16.7. The summed E-state index contributed by atoms with van der Waals surface area (Å²) >= 11 is 0. The van der Waals surface area contributed by atoms with E-state index in [1.54, 1.807) is 7.11 Å². The zero-order valence-corrected chi connectivity index (χ0v) is 11.6. The number of carbonyl (C=O) groups excluding carboxylic acids is 1. The zero-order valence-electron chi connectivity index (χ0n) is 11.6. The molecule has 0 radical (unpaired) electrons. The van der Waals surface area contributed by atoms with Gasteiger partial charge in [-0.3, -0.25) is 9.69 Å². The molecule has 17 heavy (non-hydrogen) atoms. The van der Waals surface area contributed by atoms with Gasteiger partial charge < -0.3 is 14.4 Å². The van der Waals surface area contributed by atoms with E-state index in [1.165, 1.54) is 0 Å². The van der Waals surface area contributed by atoms with Gasteiger partial charge >= 0.3 is 0 Å². The van der Waals surface area contributed by atoms with E-state index in [4.69, 9.17) is 9.47 Å². The van der Waals surface area contributed by atoms with Gasteiger partial charge in [0.1, 0.15) is 0 Å². The van der Waals surface area contributed by atoms with E-state index in [9.17, 15) is 4.79 Å². The van der Waals surface area contributed by atoms with Crippen LogP contribution in [0.3, 0.4) is 0 Å². The second kappa shape index (κ2) is 10.5. The molecule has 0 spiro atoms. The number of hydrogen-bond donors (Lipinski definition) is 0. The van der Waals surface area contributed by atoms with Crippen LogP contribution in [0.25, 0.3) is 0 Å². The Bertz CT molecular complexity index is 200. The molecule has 5 nitrogen and oxygen atoms in total. The van der Waals surface area contributed by atoms with Crippen LogP contribution in [0.1, 0.15) is 13.8 Å². The van der Waals surface area contributed by atoms with E-state index in [0.717, 1.165) is 13.1 Å². The molecule has 1 rings (SSSR count). The van der Waals surface area contributed by atoms with Gasteiger partial charge in [0.15, 0.2) is 0 Å². The molecule has 0 aliphatic carbocycles. The molecule has 1 aliphatic heterocycles. The average Bonchev–Trinajstić information content (AvgIpc) is 2.34. The summed E-state index contributed by atoms with van der Waals surface area (Å²) in [7, 11) is 3.61. The van der Waals surface area contributed by atoms with Crippen molar-refractivity contribution in [3.63, 3.8) is 0 Å². The second-order valence-corrected chi connectivity index (χ2v) is 3.72. The molecule has 0 atom stereocenters. The molecule has 0 bridgehead atoms. The predicted molar refractivity (Wildman–Crippen MR) is 68.1 cm³/mol. The van der Waals surface area contributed by atoms with Crippen molar-refractivity contribution >= 4 is 5.91 Å². The van der Waals surface area contributed by atoms with Gasteiger partial charge in [-0.2, -0.15) is 0 Å². The highest BCUT2D eigenvalue weighted by atomic mass is 16.5. The number of carbonyl (C=O) groups is 1. The summed E-state index contributed by atoms with van der Waals surface area (Å²) in [6.45, 7) is 8.77. The lowest BCUT2D eigenvalue weighted by Gasteiger charge is -2.31. The molecule has 0 N–H and O–H groups in total. The minimum absolute atomic E-state index is 0.194. The third-order valence-electron chi connectivity index (χ3n) is 2.45. The minimum atomic E-state index is 0.194. The van der Waals surface area contributed by atoms with Crippen LogP contribution in [0, 0.1) is 0 Å². The van der Waals surface area contributed by atoms with Gasteiger partial charge in [-0.15, -0.1) is 0 Å². The molecule has 102 valence electrons. The number of piperazine rings is 1. The van der Waals surface area contributed by atoms with Crippen molar-refractivity contribution in [1.82, 2.24) is 9.80 Å². The third kappa shape index (κ3) is 7.31. The van der Waals surface area contributed by atoms with Crippen molar-refractivity contribution in [3.8, 4) is 0 Å². The van der Waals surface area contributed by atoms with E-state index >= 15 is 0 Å². The molecule has 1 heterocycles. The van der Waals surface area contributed by atoms with Crippen LogP contribution < -0.4 is 0 Å². The van der Waals surface area contributed by atoms with Crippen molar-refractivity contribution in [2.75, 3.05) is 60.2 Å². The SMILES string of the molecule is CC.COCCOCCN1CCN(C)CC1=O. The fourth-order valence-corrected chi connectivity index (χ4v) is 1.48. The maximum absolute atomic E-state index is 11.5. The van der Waals surface area contributed by atoms with Crippen LogP contribution in [0.5, 0.6) is 0 Å². The van der Waals surface area contributed by atoms with Crippen molar-refractivity contribution in [1.29, 1.82) is 0 Å². The highest BCUT2D eigenvalue weighted by Crippen LogP contribution is 2.00. The van der Waals surface area contributed by atoms with Gasteiger partial charge in [0, 0.05) is 26.7 Å². The first-order valence-corrected chi connectivity index (χ1v) is 6.27. The Balaban J connectivity index is 0.00000121. The zero-order chi connectivity index (χ0) is 13.1. The van der Waals surface area contributed by atoms with Gasteiger partial charge in [0.05, 0.1) is 26.4 Å². The van der Waals surface area contributed by atoms with Crippen molar-refractivity contribution in [2.45, 2.75) is 13.8 Å². The molecular formula is C12H26N2O3. The number of likely N-dealkylation sites (N-methyl/N-ethyl adjacent to an activating group) is 1. The molecule has 1 fully saturated rings. The number of hydrogen-bond acceptors (Lipinski definition) is 4. The predicted octanol–water partition coefficient (Wildman–Crippen LogP) is 0.450. The Morgan fingerprint density at radius 3 is 2.47 bits per heavy atom. The van der Waals surface area contributed by atoms with Crippen molar-refractivity contribution in [2.24, 2.45) is 0 Å². The Hall–Kier alpha value is -0.650. The lowest BCUT2D eigenvalue weighted by molar-refractivity contribution is -0.136. The quantitative estimate of drug-likeness (QED) is 0.638. The highest BCUT2D eigenvalue weighted by Gasteiger charge is 2.20. The van der Waals surface area contributed by atoms with Crippen molar-refractivity contribution in [3.05, 3.63) is 0 Å². The molecular weight excluding hydrogens is 220 g/mol. The summed E-state index contributed by atoms with van der Waals surface area (Å²) in [5.41, 5.74) is 0. The highest BCUT2D eigenvalue weighted by molar-refractivity contribution is 5.78. The molecule has 1 saturated heterocycles. The topological polar surface area (TPSA) is 42.0 Å². The van der Waals surface area contributed by atoms with Crippen molar-refractivity contribution < 1.29 is 14.3 Å². The summed E-state index contributed by atoms with van der Waals surface area (Å²) in [6, 6.07) is 0. The first kappa shape index (κ1) is 16.4. The monoisotopic (exact) mass is 246 g/mol. The van der Waals surface area contributed by atoms with Gasteiger partial charge in [-0.1, -0.05) is 13.8 Å². The summed E-state index contributed by atoms with van der Waals surface area (Å²) in [4.78, 5) is 15.4. The van der Waals surface area contributed by atoms with E-state index in [2.05, 4.69) is 0 Å². The number of methoxy groups -OCH3 is 1. The first-order valence-electron chi connectivity index (χ1n) is 6.27. The largest absolute Gasteiger partial charge is 0.382 e. The molecule has 0 unspecified atom stereocenters. The lowest BCUT2D eigenvalue weighted by atomic mass is 10.3. The Morgan fingerprint density at radius 1 is 1.18 bits per heavy atom. The van der Waals surface area contributed by atoms with Crippen LogP contribution in [0.2, 0.25) is 0 Å². The third-order valence-corrected chi connectivity index (χ3v) is 2.45. The van der Waals surface area contributed by atoms with E-state index < -0.39 is 0 Å². The average molecular weight is 246 g/mol. The van der Waals surface area contributed by atoms with Gasteiger partial charge in [-0.05, 0) is 7.05 Å². The fourth-order valence-electron chi connectivity index (χ4n) is 1.48. The smallest absolute Gasteiger partial charge is 0.236 e. The molecule has 0 aromatic rings. The number of ether oxygens (including phenoxy) is 2. The molecule has 1 amide bonds. The molecule has 0 aromatic heterocycles. The second-order valence-electron chi connectivity index (χ2n) is 3.72. The van der Waals surface area contributed by atoms with Crippen LogP contribution >= 0.6 is 0 Å². The first-order chi connectivity index (χ1) is 8.24. The fraction of sp³-hybridized carbons (Fsp3) is 0.917. The standard InChI is InChI=1S/C10H20N2O3.C2H6/c1-11-3-4-12(10(13)9-11)5-6-15-8-7-14-2;1-2/h3-9H2,1-2H3;1-2H3. The molecule has 0 aromatic carbocycles. The molecule has 1 aliphatic rings.